The van der Waals surface area contributed by atoms with Crippen molar-refractivity contribution < 1.29 is 18.7 Å². The first-order valence-electron chi connectivity index (χ1n) is 12.1. The fourth-order valence-corrected chi connectivity index (χ4v) is 5.84. The average Bonchev–Trinajstić information content (AvgIpc) is 3.36. The standard InChI is InChI=1S/C26H32F2N4O2/c1-25(27,28)14-32-13-19-11-26(19,15-32)18-4-2-16(3-5-18)17-10-22(23(29)30-12-17)24(34)31-20-6-8-21(33)9-7-20/h2-5,10,12,19-21,33H,6-9,11,13-15H2,1H3,(H2,29,30)(H,31,34)/t19-,20-,21-,26+/m1/s1. The summed E-state index contributed by atoms with van der Waals surface area (Å²) in [5.41, 5.74) is 9.26. The minimum absolute atomic E-state index is 0.0121. The maximum atomic E-state index is 13.5. The molecule has 0 unspecified atom stereocenters. The molecule has 6 nitrogen and oxygen atoms in total. The Kier molecular flexibility index (Phi) is 5.84. The van der Waals surface area contributed by atoms with Crippen molar-refractivity contribution in [2.24, 2.45) is 5.92 Å². The number of aliphatic hydroxyl groups excluding tert-OH is 1. The van der Waals surface area contributed by atoms with Gasteiger partial charge in [-0.1, -0.05) is 24.3 Å². The van der Waals surface area contributed by atoms with E-state index in [1.54, 1.807) is 12.3 Å². The van der Waals surface area contributed by atoms with Crippen LogP contribution in [-0.2, 0) is 5.41 Å². The Morgan fingerprint density at radius 2 is 1.94 bits per heavy atom. The molecule has 1 amide bonds. The lowest BCUT2D eigenvalue weighted by molar-refractivity contribution is -0.0116. The van der Waals surface area contributed by atoms with E-state index in [2.05, 4.69) is 22.4 Å². The number of nitrogens with two attached hydrogens (primary N) is 1. The first-order chi connectivity index (χ1) is 16.1. The summed E-state index contributed by atoms with van der Waals surface area (Å²) >= 11 is 0. The molecule has 0 radical (unpaired) electrons. The summed E-state index contributed by atoms with van der Waals surface area (Å²) in [5.74, 6) is -2.29. The molecule has 182 valence electrons. The molecule has 3 aliphatic rings. The summed E-state index contributed by atoms with van der Waals surface area (Å²) in [4.78, 5) is 19.0. The molecule has 2 heterocycles. The molecular formula is C26H32F2N4O2. The number of likely N-dealkylation sites (tertiary alicyclic amines) is 1. The molecule has 4 N–H and O–H groups in total. The lowest BCUT2D eigenvalue weighted by atomic mass is 9.92. The third-order valence-electron chi connectivity index (χ3n) is 7.71. The molecule has 1 aromatic carbocycles. The summed E-state index contributed by atoms with van der Waals surface area (Å²) < 4.78 is 26.9. The van der Waals surface area contributed by atoms with E-state index in [1.807, 2.05) is 17.0 Å². The zero-order valence-electron chi connectivity index (χ0n) is 19.4. The summed E-state index contributed by atoms with van der Waals surface area (Å²) in [6.07, 6.45) is 5.30. The van der Waals surface area contributed by atoms with Gasteiger partial charge in [0.2, 0.25) is 0 Å². The van der Waals surface area contributed by atoms with Crippen LogP contribution in [0.5, 0.6) is 0 Å². The molecular weight excluding hydrogens is 438 g/mol. The normalized spacial score (nSPS) is 29.0. The van der Waals surface area contributed by atoms with Gasteiger partial charge < -0.3 is 16.2 Å². The van der Waals surface area contributed by atoms with Crippen molar-refractivity contribution in [3.63, 3.8) is 0 Å². The molecule has 2 saturated carbocycles. The predicted octanol–water partition coefficient (Wildman–Crippen LogP) is 3.59. The minimum Gasteiger partial charge on any atom is -0.393 e. The number of aliphatic hydroxyl groups is 1. The number of nitrogen functional groups attached to an aromatic ring is 1. The molecule has 2 aromatic rings. The van der Waals surface area contributed by atoms with E-state index in [0.717, 1.165) is 43.9 Å². The number of amides is 1. The number of hydrogen-bond donors (Lipinski definition) is 3. The lowest BCUT2D eigenvalue weighted by Gasteiger charge is -2.26. The van der Waals surface area contributed by atoms with Crippen LogP contribution in [0.3, 0.4) is 0 Å². The number of anilines is 1. The average molecular weight is 471 g/mol. The number of alkyl halides is 2. The number of nitrogens with one attached hydrogen (secondary N) is 1. The summed E-state index contributed by atoms with van der Waals surface area (Å²) in [6, 6.07) is 9.96. The number of halogens is 2. The molecule has 0 spiro atoms. The highest BCUT2D eigenvalue weighted by atomic mass is 19.3. The van der Waals surface area contributed by atoms with Gasteiger partial charge >= 0.3 is 0 Å². The van der Waals surface area contributed by atoms with Crippen LogP contribution in [0, 0.1) is 5.92 Å². The summed E-state index contributed by atoms with van der Waals surface area (Å²) in [6.45, 7) is 2.19. The second kappa shape index (κ2) is 8.57. The van der Waals surface area contributed by atoms with E-state index in [9.17, 15) is 18.7 Å². The number of hydrogen-bond acceptors (Lipinski definition) is 5. The van der Waals surface area contributed by atoms with E-state index in [4.69, 9.17) is 5.73 Å². The van der Waals surface area contributed by atoms with Gasteiger partial charge in [0.15, 0.2) is 0 Å². The van der Waals surface area contributed by atoms with E-state index in [-0.39, 0.29) is 35.8 Å². The van der Waals surface area contributed by atoms with Gasteiger partial charge in [0, 0.05) is 43.2 Å². The van der Waals surface area contributed by atoms with Crippen LogP contribution in [0.25, 0.3) is 11.1 Å². The molecule has 1 aliphatic heterocycles. The quantitative estimate of drug-likeness (QED) is 0.600. The lowest BCUT2D eigenvalue weighted by Crippen LogP contribution is -2.38. The summed E-state index contributed by atoms with van der Waals surface area (Å²) in [5, 5.41) is 12.7. The van der Waals surface area contributed by atoms with E-state index in [1.165, 1.54) is 5.56 Å². The molecule has 2 aliphatic carbocycles. The van der Waals surface area contributed by atoms with Crippen LogP contribution >= 0.6 is 0 Å². The first kappa shape index (κ1) is 23.2. The number of piperidine rings is 1. The largest absolute Gasteiger partial charge is 0.393 e. The molecule has 1 saturated heterocycles. The van der Waals surface area contributed by atoms with Gasteiger partial charge in [0.1, 0.15) is 5.82 Å². The van der Waals surface area contributed by atoms with Crippen molar-refractivity contribution in [1.29, 1.82) is 0 Å². The topological polar surface area (TPSA) is 91.5 Å². The SMILES string of the molecule is CC(F)(F)CN1C[C@H]2C[C@@]2(c2ccc(-c3cnc(N)c(C(=O)N[C@H]4CC[C@H](O)CC4)c3)cc2)C1. The maximum Gasteiger partial charge on any atom is 0.257 e. The Bertz CT molecular complexity index is 1060. The summed E-state index contributed by atoms with van der Waals surface area (Å²) in [7, 11) is 0. The number of aromatic nitrogens is 1. The van der Waals surface area contributed by atoms with Crippen molar-refractivity contribution in [3.05, 3.63) is 47.7 Å². The number of fused-ring (bicyclic) bond motifs is 1. The number of benzene rings is 1. The Labute approximate surface area is 198 Å². The van der Waals surface area contributed by atoms with E-state index < -0.39 is 5.92 Å². The van der Waals surface area contributed by atoms with Crippen LogP contribution in [0.15, 0.2) is 36.5 Å². The molecule has 2 atom stereocenters. The van der Waals surface area contributed by atoms with Crippen molar-refractivity contribution in [2.45, 2.75) is 62.5 Å². The highest BCUT2D eigenvalue weighted by molar-refractivity contribution is 5.99. The fourth-order valence-electron chi connectivity index (χ4n) is 5.84. The van der Waals surface area contributed by atoms with Gasteiger partial charge in [-0.25, -0.2) is 13.8 Å². The van der Waals surface area contributed by atoms with Crippen LogP contribution in [0.4, 0.5) is 14.6 Å². The van der Waals surface area contributed by atoms with Gasteiger partial charge in [0.05, 0.1) is 18.2 Å². The van der Waals surface area contributed by atoms with Crippen molar-refractivity contribution in [3.8, 4) is 11.1 Å². The molecule has 0 bridgehead atoms. The number of carbonyl (C=O) groups is 1. The van der Waals surface area contributed by atoms with Gasteiger partial charge in [-0.05, 0) is 55.2 Å². The van der Waals surface area contributed by atoms with Crippen LogP contribution in [0.1, 0.15) is 54.9 Å². The van der Waals surface area contributed by atoms with Gasteiger partial charge in [-0.2, -0.15) is 0 Å². The molecule has 8 heteroatoms. The Morgan fingerprint density at radius 1 is 1.24 bits per heavy atom. The van der Waals surface area contributed by atoms with Gasteiger partial charge in [-0.15, -0.1) is 0 Å². The highest BCUT2D eigenvalue weighted by Crippen LogP contribution is 2.59. The third kappa shape index (κ3) is 4.66. The number of carbonyl (C=O) groups excluding carboxylic acids is 1. The second-order valence-electron chi connectivity index (χ2n) is 10.5. The molecule has 1 aromatic heterocycles. The zero-order valence-corrected chi connectivity index (χ0v) is 19.4. The number of nitrogens with zero attached hydrogens (tertiary/aromatic N) is 2. The van der Waals surface area contributed by atoms with E-state index >= 15 is 0 Å². The maximum absolute atomic E-state index is 13.5. The molecule has 34 heavy (non-hydrogen) atoms. The van der Waals surface area contributed by atoms with Crippen LogP contribution in [-0.4, -0.2) is 58.6 Å². The minimum atomic E-state index is -2.67. The number of pyridine rings is 1. The van der Waals surface area contributed by atoms with Crippen LogP contribution in [0.2, 0.25) is 0 Å². The predicted molar refractivity (Wildman–Crippen MR) is 127 cm³/mol. The third-order valence-corrected chi connectivity index (χ3v) is 7.71. The van der Waals surface area contributed by atoms with E-state index in [0.29, 0.717) is 30.9 Å². The van der Waals surface area contributed by atoms with Crippen LogP contribution < -0.4 is 11.1 Å². The second-order valence-corrected chi connectivity index (χ2v) is 10.5. The highest BCUT2D eigenvalue weighted by Gasteiger charge is 2.61. The smallest absolute Gasteiger partial charge is 0.257 e. The Morgan fingerprint density at radius 3 is 2.62 bits per heavy atom. The molecule has 5 rings (SSSR count). The van der Waals surface area contributed by atoms with Gasteiger partial charge in [-0.3, -0.25) is 9.69 Å². The Hall–Kier alpha value is -2.58. The fraction of sp³-hybridized carbons (Fsp3) is 0.538. The van der Waals surface area contributed by atoms with Gasteiger partial charge in [0.25, 0.3) is 11.8 Å². The van der Waals surface area contributed by atoms with Crippen molar-refractivity contribution in [2.75, 3.05) is 25.4 Å². The first-order valence-corrected chi connectivity index (χ1v) is 12.1. The van der Waals surface area contributed by atoms with Crippen molar-refractivity contribution >= 4 is 11.7 Å². The molecule has 3 fully saturated rings. The Balaban J connectivity index is 1.28. The van der Waals surface area contributed by atoms with Crippen molar-refractivity contribution in [1.82, 2.24) is 15.2 Å². The number of rotatable bonds is 6. The monoisotopic (exact) mass is 470 g/mol. The zero-order chi connectivity index (χ0) is 24.1.